The van der Waals surface area contributed by atoms with E-state index in [0.717, 1.165) is 13.0 Å². The van der Waals surface area contributed by atoms with Crippen LogP contribution in [0.3, 0.4) is 0 Å². The second-order valence-corrected chi connectivity index (χ2v) is 4.72. The van der Waals surface area contributed by atoms with Gasteiger partial charge in [0, 0.05) is 25.6 Å². The van der Waals surface area contributed by atoms with Crippen LogP contribution in [-0.4, -0.2) is 34.0 Å². The van der Waals surface area contributed by atoms with Crippen LogP contribution in [0.15, 0.2) is 0 Å². The first kappa shape index (κ1) is 12.8. The minimum Gasteiger partial charge on any atom is -0.381 e. The molecule has 18 heavy (non-hydrogen) atoms. The highest BCUT2D eigenvalue weighted by atomic mass is 16.6. The van der Waals surface area contributed by atoms with Gasteiger partial charge in [-0.15, -0.1) is 0 Å². The van der Waals surface area contributed by atoms with Gasteiger partial charge in [-0.25, -0.2) is 4.68 Å². The van der Waals surface area contributed by atoms with Gasteiger partial charge in [0.2, 0.25) is 5.82 Å². The molecule has 0 saturated carbocycles. The first-order valence-electron chi connectivity index (χ1n) is 6.03. The number of hydrogen-bond donors (Lipinski definition) is 1. The van der Waals surface area contributed by atoms with Gasteiger partial charge >= 0.3 is 5.69 Å². The van der Waals surface area contributed by atoms with E-state index in [4.69, 9.17) is 4.74 Å². The van der Waals surface area contributed by atoms with E-state index in [9.17, 15) is 10.1 Å². The Bertz CT molecular complexity index is 451. The van der Waals surface area contributed by atoms with E-state index in [1.165, 1.54) is 4.68 Å². The third-order valence-corrected chi connectivity index (χ3v) is 3.41. The summed E-state index contributed by atoms with van der Waals surface area (Å²) in [7, 11) is 1.71. The van der Waals surface area contributed by atoms with Gasteiger partial charge in [-0.3, -0.25) is 10.1 Å². The molecular weight excluding hydrogens is 236 g/mol. The molecule has 1 N–H and O–H groups in total. The molecule has 2 rings (SSSR count). The van der Waals surface area contributed by atoms with Crippen molar-refractivity contribution in [2.75, 3.05) is 18.5 Å². The van der Waals surface area contributed by atoms with Crippen LogP contribution in [0.25, 0.3) is 0 Å². The van der Waals surface area contributed by atoms with Gasteiger partial charge in [0.15, 0.2) is 0 Å². The second kappa shape index (κ2) is 4.93. The largest absolute Gasteiger partial charge is 0.381 e. The van der Waals surface area contributed by atoms with Crippen molar-refractivity contribution in [3.8, 4) is 0 Å². The first-order valence-corrected chi connectivity index (χ1v) is 6.03. The molecule has 0 spiro atoms. The lowest BCUT2D eigenvalue weighted by atomic mass is 10.0. The fourth-order valence-corrected chi connectivity index (χ4v) is 2.31. The predicted molar refractivity (Wildman–Crippen MR) is 66.6 cm³/mol. The van der Waals surface area contributed by atoms with Crippen molar-refractivity contribution in [1.29, 1.82) is 0 Å². The molecule has 0 amide bonds. The Hall–Kier alpha value is -1.63. The molecule has 1 aromatic heterocycles. The number of nitrogens with one attached hydrogen (secondary N) is 1. The number of nitro groups is 1. The third-order valence-electron chi connectivity index (χ3n) is 3.41. The lowest BCUT2D eigenvalue weighted by Crippen LogP contribution is -2.27. The molecule has 2 unspecified atom stereocenters. The Labute approximate surface area is 105 Å². The molecule has 1 aromatic rings. The Morgan fingerprint density at radius 2 is 2.39 bits per heavy atom. The molecule has 1 aliphatic heterocycles. The van der Waals surface area contributed by atoms with Crippen molar-refractivity contribution in [3.63, 3.8) is 0 Å². The van der Waals surface area contributed by atoms with E-state index in [1.54, 1.807) is 14.0 Å². The maximum absolute atomic E-state index is 11.0. The maximum Gasteiger partial charge on any atom is 0.333 e. The molecule has 7 nitrogen and oxygen atoms in total. The number of nitrogens with zero attached hydrogens (tertiary/aromatic N) is 3. The Morgan fingerprint density at radius 1 is 1.67 bits per heavy atom. The summed E-state index contributed by atoms with van der Waals surface area (Å²) in [5.74, 6) is 0.858. The van der Waals surface area contributed by atoms with Gasteiger partial charge in [0.1, 0.15) is 5.69 Å². The van der Waals surface area contributed by atoms with Crippen LogP contribution in [0.2, 0.25) is 0 Å². The average molecular weight is 254 g/mol. The number of aryl methyl sites for hydroxylation is 2. The van der Waals surface area contributed by atoms with E-state index in [2.05, 4.69) is 10.4 Å². The lowest BCUT2D eigenvalue weighted by molar-refractivity contribution is -0.384. The van der Waals surface area contributed by atoms with E-state index in [1.807, 2.05) is 6.92 Å². The summed E-state index contributed by atoms with van der Waals surface area (Å²) in [6.07, 6.45) is 0.985. The highest BCUT2D eigenvalue weighted by Crippen LogP contribution is 2.29. The third kappa shape index (κ3) is 2.31. The summed E-state index contributed by atoms with van der Waals surface area (Å²) in [4.78, 5) is 10.7. The van der Waals surface area contributed by atoms with E-state index >= 15 is 0 Å². The smallest absolute Gasteiger partial charge is 0.333 e. The fourth-order valence-electron chi connectivity index (χ4n) is 2.31. The molecule has 2 atom stereocenters. The zero-order valence-electron chi connectivity index (χ0n) is 10.8. The quantitative estimate of drug-likeness (QED) is 0.650. The van der Waals surface area contributed by atoms with Gasteiger partial charge in [-0.1, -0.05) is 0 Å². The molecule has 1 fully saturated rings. The maximum atomic E-state index is 11.0. The topological polar surface area (TPSA) is 82.2 Å². The molecule has 0 radical (unpaired) electrons. The van der Waals surface area contributed by atoms with Gasteiger partial charge in [0.25, 0.3) is 0 Å². The SMILES string of the molecule is Cc1nn(C)c(NC(C)C2CCOC2)c1[N+](=O)[O-]. The Morgan fingerprint density at radius 3 is 2.94 bits per heavy atom. The monoisotopic (exact) mass is 254 g/mol. The number of hydrogen-bond acceptors (Lipinski definition) is 5. The average Bonchev–Trinajstić information content (AvgIpc) is 2.87. The van der Waals surface area contributed by atoms with Crippen LogP contribution in [0, 0.1) is 23.0 Å². The van der Waals surface area contributed by atoms with Gasteiger partial charge in [-0.05, 0) is 20.3 Å². The summed E-state index contributed by atoms with van der Waals surface area (Å²) in [6.45, 7) is 5.14. The van der Waals surface area contributed by atoms with Crippen LogP contribution in [0.1, 0.15) is 19.0 Å². The van der Waals surface area contributed by atoms with Crippen molar-refractivity contribution >= 4 is 11.5 Å². The Kier molecular flexibility index (Phi) is 3.51. The number of anilines is 1. The van der Waals surface area contributed by atoms with Crippen LogP contribution < -0.4 is 5.32 Å². The molecular formula is C11H18N4O3. The molecule has 0 aromatic carbocycles. The van der Waals surface area contributed by atoms with E-state index in [-0.39, 0.29) is 16.7 Å². The van der Waals surface area contributed by atoms with Crippen molar-refractivity contribution in [2.24, 2.45) is 13.0 Å². The summed E-state index contributed by atoms with van der Waals surface area (Å²) < 4.78 is 6.86. The fraction of sp³-hybridized carbons (Fsp3) is 0.727. The molecule has 2 heterocycles. The minimum absolute atomic E-state index is 0.0586. The summed E-state index contributed by atoms with van der Waals surface area (Å²) >= 11 is 0. The van der Waals surface area contributed by atoms with Crippen molar-refractivity contribution in [2.45, 2.75) is 26.3 Å². The normalized spacial score (nSPS) is 20.9. The zero-order valence-corrected chi connectivity index (χ0v) is 10.8. The zero-order chi connectivity index (χ0) is 13.3. The molecule has 1 aliphatic rings. The van der Waals surface area contributed by atoms with E-state index in [0.29, 0.717) is 24.0 Å². The van der Waals surface area contributed by atoms with Gasteiger partial charge < -0.3 is 10.1 Å². The van der Waals surface area contributed by atoms with Crippen molar-refractivity contribution in [3.05, 3.63) is 15.8 Å². The molecule has 0 aliphatic carbocycles. The second-order valence-electron chi connectivity index (χ2n) is 4.72. The highest BCUT2D eigenvalue weighted by Gasteiger charge is 2.28. The number of ether oxygens (including phenoxy) is 1. The van der Waals surface area contributed by atoms with E-state index < -0.39 is 0 Å². The number of rotatable bonds is 4. The molecule has 1 saturated heterocycles. The molecule has 7 heteroatoms. The van der Waals surface area contributed by atoms with Gasteiger partial charge in [0.05, 0.1) is 11.5 Å². The standard InChI is InChI=1S/C11H18N4O3/c1-7(9-4-5-18-6-9)12-11-10(15(16)17)8(2)13-14(11)3/h7,9,12H,4-6H2,1-3H3. The predicted octanol–water partition coefficient (Wildman–Crippen LogP) is 1.47. The minimum atomic E-state index is -0.386. The van der Waals surface area contributed by atoms with Crippen LogP contribution >= 0.6 is 0 Å². The highest BCUT2D eigenvalue weighted by molar-refractivity contribution is 5.59. The summed E-state index contributed by atoms with van der Waals surface area (Å²) in [5, 5.41) is 18.3. The molecule has 0 bridgehead atoms. The van der Waals surface area contributed by atoms with Crippen LogP contribution in [0.4, 0.5) is 11.5 Å². The Balaban J connectivity index is 2.20. The lowest BCUT2D eigenvalue weighted by Gasteiger charge is -2.19. The van der Waals surface area contributed by atoms with Crippen LogP contribution in [-0.2, 0) is 11.8 Å². The van der Waals surface area contributed by atoms with Crippen LogP contribution in [0.5, 0.6) is 0 Å². The van der Waals surface area contributed by atoms with Crippen molar-refractivity contribution in [1.82, 2.24) is 9.78 Å². The first-order chi connectivity index (χ1) is 8.50. The summed E-state index contributed by atoms with van der Waals surface area (Å²) in [6, 6.07) is 0.126. The van der Waals surface area contributed by atoms with Crippen molar-refractivity contribution < 1.29 is 9.66 Å². The summed E-state index contributed by atoms with van der Waals surface area (Å²) in [5.41, 5.74) is 0.489. The van der Waals surface area contributed by atoms with Gasteiger partial charge in [-0.2, -0.15) is 5.10 Å². The molecule has 100 valence electrons. The number of aromatic nitrogens is 2.